The van der Waals surface area contributed by atoms with Crippen molar-refractivity contribution in [3.8, 4) is 17.0 Å². The minimum atomic E-state index is -4.89. The van der Waals surface area contributed by atoms with Gasteiger partial charge in [-0.25, -0.2) is 22.5 Å². The summed E-state index contributed by atoms with van der Waals surface area (Å²) >= 11 is 6.16. The third-order valence-electron chi connectivity index (χ3n) is 5.30. The normalized spacial score (nSPS) is 12.1. The van der Waals surface area contributed by atoms with Crippen LogP contribution >= 0.6 is 11.6 Å². The first kappa shape index (κ1) is 25.5. The second kappa shape index (κ2) is 9.84. The Balaban J connectivity index is 1.61. The van der Waals surface area contributed by atoms with Crippen LogP contribution in [0.5, 0.6) is 5.75 Å². The molecule has 1 heterocycles. The molecule has 36 heavy (non-hydrogen) atoms. The van der Waals surface area contributed by atoms with Gasteiger partial charge in [-0.05, 0) is 42.3 Å². The van der Waals surface area contributed by atoms with E-state index in [0.717, 1.165) is 10.6 Å². The number of para-hydroxylation sites is 2. The number of rotatable bonds is 7. The average Bonchev–Trinajstić information content (AvgIpc) is 3.19. The predicted molar refractivity (Wildman–Crippen MR) is 128 cm³/mol. The number of nitrogens with zero attached hydrogens (tertiary/aromatic N) is 1. The maximum atomic E-state index is 13.0. The first-order valence-corrected chi connectivity index (χ1v) is 12.3. The van der Waals surface area contributed by atoms with Gasteiger partial charge in [0.15, 0.2) is 0 Å². The minimum Gasteiger partial charge on any atom is -0.464 e. The van der Waals surface area contributed by atoms with Crippen LogP contribution in [-0.4, -0.2) is 37.1 Å². The molecule has 0 amide bonds. The molecule has 7 nitrogen and oxygen atoms in total. The molecule has 0 aliphatic rings. The molecule has 0 radical (unpaired) electrons. The van der Waals surface area contributed by atoms with Gasteiger partial charge in [0.2, 0.25) is 10.0 Å². The highest BCUT2D eigenvalue weighted by molar-refractivity contribution is 7.89. The van der Waals surface area contributed by atoms with Crippen molar-refractivity contribution < 1.29 is 36.2 Å². The summed E-state index contributed by atoms with van der Waals surface area (Å²) in [7, 11) is -4.20. The summed E-state index contributed by atoms with van der Waals surface area (Å²) in [6.45, 7) is -0.240. The lowest BCUT2D eigenvalue weighted by Gasteiger charge is -2.14. The van der Waals surface area contributed by atoms with Crippen LogP contribution in [0.3, 0.4) is 0 Å². The Morgan fingerprint density at radius 3 is 2.44 bits per heavy atom. The van der Waals surface area contributed by atoms with E-state index in [-0.39, 0.29) is 34.1 Å². The molecule has 0 saturated heterocycles. The van der Waals surface area contributed by atoms with Crippen LogP contribution in [-0.2, 0) is 16.4 Å². The van der Waals surface area contributed by atoms with Crippen molar-refractivity contribution in [2.24, 2.45) is 0 Å². The molecular formula is C24H18ClF3N2O5S. The molecule has 0 bridgehead atoms. The van der Waals surface area contributed by atoms with Crippen molar-refractivity contribution in [1.29, 1.82) is 0 Å². The lowest BCUT2D eigenvalue weighted by molar-refractivity contribution is -0.274. The quantitative estimate of drug-likeness (QED) is 0.305. The molecule has 0 aliphatic carbocycles. The van der Waals surface area contributed by atoms with Gasteiger partial charge in [-0.2, -0.15) is 0 Å². The summed E-state index contributed by atoms with van der Waals surface area (Å²) in [4.78, 5) is 11.6. The van der Waals surface area contributed by atoms with Crippen molar-refractivity contribution in [1.82, 2.24) is 9.29 Å². The first-order chi connectivity index (χ1) is 17.0. The molecule has 0 atom stereocenters. The molecule has 188 valence electrons. The number of fused-ring (bicyclic) bond motifs is 1. The Kier molecular flexibility index (Phi) is 6.98. The number of carbonyl (C=O) groups is 1. The smallest absolute Gasteiger partial charge is 0.464 e. The third-order valence-corrected chi connectivity index (χ3v) is 7.25. The average molecular weight is 539 g/mol. The maximum Gasteiger partial charge on any atom is 0.573 e. The summed E-state index contributed by atoms with van der Waals surface area (Å²) in [5.41, 5.74) is 1.12. The van der Waals surface area contributed by atoms with Gasteiger partial charge in [-0.3, -0.25) is 0 Å². The van der Waals surface area contributed by atoms with E-state index in [0.29, 0.717) is 16.5 Å². The second-order valence-electron chi connectivity index (χ2n) is 7.65. The maximum absolute atomic E-state index is 13.0. The number of hydrogen-bond acceptors (Lipinski definition) is 4. The fourth-order valence-corrected chi connectivity index (χ4v) is 5.33. The van der Waals surface area contributed by atoms with E-state index in [9.17, 15) is 31.5 Å². The zero-order valence-electron chi connectivity index (χ0n) is 18.3. The van der Waals surface area contributed by atoms with Gasteiger partial charge in [0.1, 0.15) is 10.6 Å². The van der Waals surface area contributed by atoms with Crippen LogP contribution in [0.1, 0.15) is 5.56 Å². The van der Waals surface area contributed by atoms with Crippen molar-refractivity contribution in [2.45, 2.75) is 17.7 Å². The van der Waals surface area contributed by atoms with Crippen molar-refractivity contribution in [3.05, 3.63) is 83.4 Å². The molecule has 12 heteroatoms. The molecule has 0 fully saturated rings. The minimum absolute atomic E-state index is 0.0873. The number of ether oxygens (including phenoxy) is 1. The summed E-state index contributed by atoms with van der Waals surface area (Å²) < 4.78 is 71.3. The Labute approximate surface area is 208 Å². The SMILES string of the molecule is O=C(O)n1c(-c2ccc(Cl)c(S(=O)(=O)NCCc3ccccc3OC(F)(F)F)c2)cc2ccccc21. The van der Waals surface area contributed by atoms with Gasteiger partial charge in [-0.1, -0.05) is 54.1 Å². The number of hydrogen-bond donors (Lipinski definition) is 2. The Morgan fingerprint density at radius 1 is 1.03 bits per heavy atom. The second-order valence-corrected chi connectivity index (χ2v) is 9.80. The first-order valence-electron chi connectivity index (χ1n) is 10.4. The topological polar surface area (TPSA) is 97.6 Å². The summed E-state index contributed by atoms with van der Waals surface area (Å²) in [6, 6.07) is 17.9. The molecule has 2 N–H and O–H groups in total. The molecule has 0 saturated carbocycles. The predicted octanol–water partition coefficient (Wildman–Crippen LogP) is 5.91. The number of carboxylic acid groups (broad SMARTS) is 1. The number of sulfonamides is 1. The van der Waals surface area contributed by atoms with Crippen molar-refractivity contribution in [2.75, 3.05) is 6.54 Å². The molecule has 4 rings (SSSR count). The van der Waals surface area contributed by atoms with E-state index in [2.05, 4.69) is 9.46 Å². The zero-order chi connectivity index (χ0) is 26.1. The van der Waals surface area contributed by atoms with E-state index in [1.165, 1.54) is 36.4 Å². The van der Waals surface area contributed by atoms with Crippen molar-refractivity contribution >= 4 is 38.6 Å². The number of alkyl halides is 3. The van der Waals surface area contributed by atoms with Crippen LogP contribution in [0.25, 0.3) is 22.2 Å². The van der Waals surface area contributed by atoms with Gasteiger partial charge < -0.3 is 9.84 Å². The molecule has 0 spiro atoms. The standard InChI is InChI=1S/C24H18ClF3N2O5S/c25-18-10-9-17(20-13-16-6-1-3-7-19(16)30(20)23(31)32)14-22(18)36(33,34)29-12-11-15-5-2-4-8-21(15)35-24(26,27)28/h1-10,13-14,29H,11-12H2,(H,31,32). The highest BCUT2D eigenvalue weighted by atomic mass is 35.5. The summed E-state index contributed by atoms with van der Waals surface area (Å²) in [5.74, 6) is -0.425. The van der Waals surface area contributed by atoms with Crippen LogP contribution in [0.15, 0.2) is 77.7 Å². The molecule has 4 aromatic rings. The molecule has 1 aromatic heterocycles. The number of nitrogens with one attached hydrogen (secondary N) is 1. The van der Waals surface area contributed by atoms with Gasteiger partial charge >= 0.3 is 12.5 Å². The third kappa shape index (κ3) is 5.48. The van der Waals surface area contributed by atoms with Crippen LogP contribution < -0.4 is 9.46 Å². The lowest BCUT2D eigenvalue weighted by atomic mass is 10.1. The van der Waals surface area contributed by atoms with Crippen LogP contribution in [0.2, 0.25) is 5.02 Å². The molecular weight excluding hydrogens is 521 g/mol. The zero-order valence-corrected chi connectivity index (χ0v) is 19.9. The lowest BCUT2D eigenvalue weighted by Crippen LogP contribution is -2.27. The Bertz CT molecular complexity index is 1550. The highest BCUT2D eigenvalue weighted by Crippen LogP contribution is 2.32. The number of aromatic nitrogens is 1. The van der Waals surface area contributed by atoms with E-state index >= 15 is 0 Å². The van der Waals surface area contributed by atoms with E-state index < -0.39 is 28.2 Å². The van der Waals surface area contributed by atoms with Crippen molar-refractivity contribution in [3.63, 3.8) is 0 Å². The molecule has 0 aliphatic heterocycles. The van der Waals surface area contributed by atoms with Gasteiger partial charge in [0.25, 0.3) is 0 Å². The fourth-order valence-electron chi connectivity index (χ4n) is 3.77. The van der Waals surface area contributed by atoms with Crippen LogP contribution in [0, 0.1) is 0 Å². The number of benzene rings is 3. The Hall–Kier alpha value is -3.54. The van der Waals surface area contributed by atoms with Crippen LogP contribution in [0.4, 0.5) is 18.0 Å². The van der Waals surface area contributed by atoms with Gasteiger partial charge in [-0.15, -0.1) is 13.2 Å². The summed E-state index contributed by atoms with van der Waals surface area (Å²) in [6.07, 6.45) is -6.22. The summed E-state index contributed by atoms with van der Waals surface area (Å²) in [5, 5.41) is 10.3. The molecule has 3 aromatic carbocycles. The molecule has 0 unspecified atom stereocenters. The largest absolute Gasteiger partial charge is 0.573 e. The monoisotopic (exact) mass is 538 g/mol. The van der Waals surface area contributed by atoms with Gasteiger partial charge in [0, 0.05) is 17.5 Å². The van der Waals surface area contributed by atoms with Gasteiger partial charge in [0.05, 0.1) is 16.2 Å². The number of halogens is 4. The van der Waals surface area contributed by atoms with E-state index in [1.807, 2.05) is 0 Å². The Morgan fingerprint density at radius 2 is 1.72 bits per heavy atom. The van der Waals surface area contributed by atoms with E-state index in [4.69, 9.17) is 11.6 Å². The fraction of sp³-hybridized carbons (Fsp3) is 0.125. The highest BCUT2D eigenvalue weighted by Gasteiger charge is 2.32. The van der Waals surface area contributed by atoms with E-state index in [1.54, 1.807) is 30.3 Å².